The lowest BCUT2D eigenvalue weighted by Crippen LogP contribution is -2.23. The first-order chi connectivity index (χ1) is 8.25. The number of aromatic nitrogens is 1. The maximum absolute atomic E-state index is 11.7. The van der Waals surface area contributed by atoms with Crippen molar-refractivity contribution in [3.8, 4) is 0 Å². The Morgan fingerprint density at radius 3 is 2.82 bits per heavy atom. The van der Waals surface area contributed by atoms with E-state index in [0.29, 0.717) is 17.3 Å². The molecule has 1 aromatic carbocycles. The molecule has 0 bridgehead atoms. The topological polar surface area (TPSA) is 42.0 Å². The van der Waals surface area contributed by atoms with Crippen molar-refractivity contribution < 1.29 is 4.79 Å². The van der Waals surface area contributed by atoms with Crippen molar-refractivity contribution in [2.24, 2.45) is 0 Å². The first-order valence-corrected chi connectivity index (χ1v) is 5.57. The van der Waals surface area contributed by atoms with E-state index in [-0.39, 0.29) is 5.91 Å². The SMILES string of the molecule is O=C(NCc1cccc(Cl)c1)c1ccccn1. The van der Waals surface area contributed by atoms with Crippen LogP contribution in [0, 0.1) is 0 Å². The van der Waals surface area contributed by atoms with Gasteiger partial charge in [0.25, 0.3) is 5.91 Å². The van der Waals surface area contributed by atoms with E-state index in [4.69, 9.17) is 11.6 Å². The summed E-state index contributed by atoms with van der Waals surface area (Å²) in [7, 11) is 0. The third-order valence-corrected chi connectivity index (χ3v) is 2.47. The van der Waals surface area contributed by atoms with Crippen LogP contribution in [-0.2, 0) is 6.54 Å². The Hall–Kier alpha value is -1.87. The number of hydrogen-bond acceptors (Lipinski definition) is 2. The molecule has 86 valence electrons. The van der Waals surface area contributed by atoms with Crippen LogP contribution in [0.2, 0.25) is 5.02 Å². The van der Waals surface area contributed by atoms with Gasteiger partial charge in [-0.25, -0.2) is 0 Å². The molecular weight excluding hydrogens is 236 g/mol. The molecule has 0 unspecified atom stereocenters. The number of halogens is 1. The van der Waals surface area contributed by atoms with Crippen molar-refractivity contribution in [3.63, 3.8) is 0 Å². The van der Waals surface area contributed by atoms with Crippen molar-refractivity contribution in [2.45, 2.75) is 6.54 Å². The number of nitrogens with one attached hydrogen (secondary N) is 1. The summed E-state index contributed by atoms with van der Waals surface area (Å²) in [5, 5.41) is 3.44. The molecule has 1 heterocycles. The summed E-state index contributed by atoms with van der Waals surface area (Å²) in [6, 6.07) is 12.6. The van der Waals surface area contributed by atoms with Crippen molar-refractivity contribution in [3.05, 3.63) is 64.9 Å². The van der Waals surface area contributed by atoms with Gasteiger partial charge in [0, 0.05) is 17.8 Å². The molecule has 0 spiro atoms. The van der Waals surface area contributed by atoms with Crippen LogP contribution < -0.4 is 5.32 Å². The van der Waals surface area contributed by atoms with Gasteiger partial charge in [-0.1, -0.05) is 29.8 Å². The second kappa shape index (κ2) is 5.46. The van der Waals surface area contributed by atoms with Gasteiger partial charge in [0.2, 0.25) is 0 Å². The first-order valence-electron chi connectivity index (χ1n) is 5.19. The quantitative estimate of drug-likeness (QED) is 0.905. The van der Waals surface area contributed by atoms with Crippen LogP contribution in [0.25, 0.3) is 0 Å². The third kappa shape index (κ3) is 3.29. The minimum absolute atomic E-state index is 0.189. The third-order valence-electron chi connectivity index (χ3n) is 2.24. The van der Waals surface area contributed by atoms with Gasteiger partial charge in [0.05, 0.1) is 0 Å². The summed E-state index contributed by atoms with van der Waals surface area (Å²) in [6.45, 7) is 0.440. The Labute approximate surface area is 104 Å². The zero-order valence-corrected chi connectivity index (χ0v) is 9.82. The van der Waals surface area contributed by atoms with Gasteiger partial charge in [0.15, 0.2) is 0 Å². The average Bonchev–Trinajstić information content (AvgIpc) is 2.37. The van der Waals surface area contributed by atoms with Crippen molar-refractivity contribution in [1.82, 2.24) is 10.3 Å². The van der Waals surface area contributed by atoms with Crippen LogP contribution >= 0.6 is 11.6 Å². The average molecular weight is 247 g/mol. The number of hydrogen-bond donors (Lipinski definition) is 1. The number of benzene rings is 1. The molecule has 0 radical (unpaired) electrons. The molecule has 0 saturated carbocycles. The van der Waals surface area contributed by atoms with Gasteiger partial charge >= 0.3 is 0 Å². The lowest BCUT2D eigenvalue weighted by atomic mass is 10.2. The highest BCUT2D eigenvalue weighted by atomic mass is 35.5. The Bertz CT molecular complexity index is 514. The maximum Gasteiger partial charge on any atom is 0.270 e. The van der Waals surface area contributed by atoms with Crippen LogP contribution in [0.1, 0.15) is 16.1 Å². The van der Waals surface area contributed by atoms with Crippen molar-refractivity contribution in [1.29, 1.82) is 0 Å². The van der Waals surface area contributed by atoms with E-state index in [1.165, 1.54) is 0 Å². The Balaban J connectivity index is 1.97. The molecule has 0 aliphatic rings. The smallest absolute Gasteiger partial charge is 0.270 e. The molecule has 4 heteroatoms. The van der Waals surface area contributed by atoms with E-state index in [1.807, 2.05) is 18.2 Å². The largest absolute Gasteiger partial charge is 0.347 e. The zero-order chi connectivity index (χ0) is 12.1. The molecule has 2 rings (SSSR count). The highest BCUT2D eigenvalue weighted by Gasteiger charge is 2.05. The standard InChI is InChI=1S/C13H11ClN2O/c14-11-5-3-4-10(8-11)9-16-13(17)12-6-1-2-7-15-12/h1-8H,9H2,(H,16,17). The first kappa shape index (κ1) is 11.6. The molecular formula is C13H11ClN2O. The molecule has 0 saturated heterocycles. The Morgan fingerprint density at radius 2 is 2.12 bits per heavy atom. The van der Waals surface area contributed by atoms with Gasteiger partial charge in [-0.2, -0.15) is 0 Å². The number of rotatable bonds is 3. The molecule has 17 heavy (non-hydrogen) atoms. The predicted octanol–water partition coefficient (Wildman–Crippen LogP) is 2.67. The number of carbonyl (C=O) groups excluding carboxylic acids is 1. The summed E-state index contributed by atoms with van der Waals surface area (Å²) in [6.07, 6.45) is 1.59. The van der Waals surface area contributed by atoms with Crippen LogP contribution in [0.15, 0.2) is 48.7 Å². The summed E-state index contributed by atoms with van der Waals surface area (Å²) < 4.78 is 0. The highest BCUT2D eigenvalue weighted by molar-refractivity contribution is 6.30. The summed E-state index contributed by atoms with van der Waals surface area (Å²) in [5.41, 5.74) is 1.37. The normalized spacial score (nSPS) is 9.94. The van der Waals surface area contributed by atoms with Crippen LogP contribution in [0.5, 0.6) is 0 Å². The number of amides is 1. The lowest BCUT2D eigenvalue weighted by Gasteiger charge is -2.04. The van der Waals surface area contributed by atoms with Crippen LogP contribution in [-0.4, -0.2) is 10.9 Å². The second-order valence-electron chi connectivity index (χ2n) is 3.53. The number of nitrogens with zero attached hydrogens (tertiary/aromatic N) is 1. The maximum atomic E-state index is 11.7. The molecule has 1 amide bonds. The molecule has 0 aliphatic carbocycles. The van der Waals surface area contributed by atoms with E-state index in [1.54, 1.807) is 30.5 Å². The fourth-order valence-corrected chi connectivity index (χ4v) is 1.63. The monoisotopic (exact) mass is 246 g/mol. The predicted molar refractivity (Wildman–Crippen MR) is 66.9 cm³/mol. The fraction of sp³-hybridized carbons (Fsp3) is 0.0769. The fourth-order valence-electron chi connectivity index (χ4n) is 1.42. The lowest BCUT2D eigenvalue weighted by molar-refractivity contribution is 0.0946. The summed E-state index contributed by atoms with van der Waals surface area (Å²) in [5.74, 6) is -0.189. The minimum Gasteiger partial charge on any atom is -0.347 e. The molecule has 3 nitrogen and oxygen atoms in total. The van der Waals surface area contributed by atoms with Gasteiger partial charge < -0.3 is 5.32 Å². The molecule has 2 aromatic rings. The molecule has 0 aliphatic heterocycles. The van der Waals surface area contributed by atoms with E-state index in [0.717, 1.165) is 5.56 Å². The number of pyridine rings is 1. The van der Waals surface area contributed by atoms with Crippen molar-refractivity contribution in [2.75, 3.05) is 0 Å². The van der Waals surface area contributed by atoms with E-state index in [9.17, 15) is 4.79 Å². The molecule has 0 atom stereocenters. The van der Waals surface area contributed by atoms with Gasteiger partial charge in [-0.15, -0.1) is 0 Å². The van der Waals surface area contributed by atoms with Gasteiger partial charge in [0.1, 0.15) is 5.69 Å². The van der Waals surface area contributed by atoms with Crippen LogP contribution in [0.4, 0.5) is 0 Å². The van der Waals surface area contributed by atoms with Gasteiger partial charge in [-0.3, -0.25) is 9.78 Å². The number of carbonyl (C=O) groups is 1. The van der Waals surface area contributed by atoms with E-state index < -0.39 is 0 Å². The molecule has 1 aromatic heterocycles. The minimum atomic E-state index is -0.189. The van der Waals surface area contributed by atoms with Gasteiger partial charge in [-0.05, 0) is 29.8 Å². The second-order valence-corrected chi connectivity index (χ2v) is 3.96. The molecule has 0 fully saturated rings. The van der Waals surface area contributed by atoms with E-state index in [2.05, 4.69) is 10.3 Å². The van der Waals surface area contributed by atoms with Crippen molar-refractivity contribution >= 4 is 17.5 Å². The molecule has 1 N–H and O–H groups in total. The Morgan fingerprint density at radius 1 is 1.24 bits per heavy atom. The highest BCUT2D eigenvalue weighted by Crippen LogP contribution is 2.10. The Kier molecular flexibility index (Phi) is 3.73. The van der Waals surface area contributed by atoms with E-state index >= 15 is 0 Å². The summed E-state index contributed by atoms with van der Waals surface area (Å²) >= 11 is 5.85. The zero-order valence-electron chi connectivity index (χ0n) is 9.06. The van der Waals surface area contributed by atoms with Crippen LogP contribution in [0.3, 0.4) is 0 Å². The summed E-state index contributed by atoms with van der Waals surface area (Å²) in [4.78, 5) is 15.7.